The van der Waals surface area contributed by atoms with Gasteiger partial charge in [0.25, 0.3) is 0 Å². The topological polar surface area (TPSA) is 38.9 Å². The van der Waals surface area contributed by atoms with E-state index in [9.17, 15) is 0 Å². The molecule has 1 unspecified atom stereocenters. The summed E-state index contributed by atoms with van der Waals surface area (Å²) in [5.74, 6) is 0.978. The molecule has 0 spiro atoms. The summed E-state index contributed by atoms with van der Waals surface area (Å²) in [6.07, 6.45) is 2.89. The van der Waals surface area contributed by atoms with E-state index in [2.05, 4.69) is 11.9 Å². The number of aromatic nitrogens is 1. The highest BCUT2D eigenvalue weighted by Gasteiger charge is 2.02. The van der Waals surface area contributed by atoms with E-state index in [1.807, 2.05) is 30.1 Å². The Morgan fingerprint density at radius 3 is 2.93 bits per heavy atom. The van der Waals surface area contributed by atoms with Crippen molar-refractivity contribution in [3.05, 3.63) is 29.0 Å². The van der Waals surface area contributed by atoms with Gasteiger partial charge in [0.2, 0.25) is 0 Å². The first-order valence-corrected chi connectivity index (χ1v) is 6.07. The van der Waals surface area contributed by atoms with Gasteiger partial charge in [-0.15, -0.1) is 0 Å². The minimum absolute atomic E-state index is 0.550. The lowest BCUT2D eigenvalue weighted by atomic mass is 10.3. The van der Waals surface area contributed by atoms with Gasteiger partial charge in [0, 0.05) is 17.2 Å². The van der Waals surface area contributed by atoms with Crippen LogP contribution in [0.3, 0.4) is 0 Å². The highest BCUT2D eigenvalue weighted by atomic mass is 35.5. The van der Waals surface area contributed by atoms with Crippen molar-refractivity contribution in [2.45, 2.75) is 24.3 Å². The van der Waals surface area contributed by atoms with Crippen LogP contribution in [0.1, 0.15) is 18.9 Å². The van der Waals surface area contributed by atoms with Gasteiger partial charge in [-0.3, -0.25) is 0 Å². The van der Waals surface area contributed by atoms with E-state index in [1.165, 1.54) is 5.56 Å². The molecule has 0 aliphatic heterocycles. The van der Waals surface area contributed by atoms with Gasteiger partial charge in [-0.1, -0.05) is 24.6 Å². The summed E-state index contributed by atoms with van der Waals surface area (Å²) in [5.41, 5.74) is 6.69. The van der Waals surface area contributed by atoms with Crippen LogP contribution in [0.15, 0.2) is 18.3 Å². The largest absolute Gasteiger partial charge is 0.330 e. The Kier molecular flexibility index (Phi) is 5.30. The number of halogens is 1. The molecule has 0 fully saturated rings. The molecule has 0 amide bonds. The Labute approximate surface area is 94.2 Å². The minimum atomic E-state index is 0.550. The average molecular weight is 231 g/mol. The van der Waals surface area contributed by atoms with E-state index in [1.54, 1.807) is 0 Å². The molecule has 4 heteroatoms. The Morgan fingerprint density at radius 1 is 1.57 bits per heavy atom. The Morgan fingerprint density at radius 2 is 2.36 bits per heavy atom. The summed E-state index contributed by atoms with van der Waals surface area (Å²) in [4.78, 5) is 4.03. The number of nitrogens with two attached hydrogens (primary N) is 1. The van der Waals surface area contributed by atoms with Crippen LogP contribution in [0.2, 0.25) is 5.15 Å². The van der Waals surface area contributed by atoms with Crippen LogP contribution in [0, 0.1) is 0 Å². The number of hydrogen-bond acceptors (Lipinski definition) is 3. The molecule has 14 heavy (non-hydrogen) atoms. The lowest BCUT2D eigenvalue weighted by Crippen LogP contribution is -2.07. The summed E-state index contributed by atoms with van der Waals surface area (Å²) < 4.78 is 0. The second-order valence-electron chi connectivity index (χ2n) is 3.19. The molecule has 0 aromatic carbocycles. The number of pyridine rings is 1. The molecule has 0 saturated heterocycles. The van der Waals surface area contributed by atoms with E-state index < -0.39 is 0 Å². The molecule has 78 valence electrons. The predicted molar refractivity (Wildman–Crippen MR) is 63.7 cm³/mol. The van der Waals surface area contributed by atoms with Crippen LogP contribution in [0.5, 0.6) is 0 Å². The first-order valence-electron chi connectivity index (χ1n) is 4.64. The second kappa shape index (κ2) is 6.27. The third-order valence-corrected chi connectivity index (χ3v) is 3.42. The quantitative estimate of drug-likeness (QED) is 0.791. The van der Waals surface area contributed by atoms with Crippen molar-refractivity contribution < 1.29 is 0 Å². The monoisotopic (exact) mass is 230 g/mol. The molecule has 1 rings (SSSR count). The molecule has 2 nitrogen and oxygen atoms in total. The van der Waals surface area contributed by atoms with Crippen molar-refractivity contribution >= 4 is 23.4 Å². The SMILES string of the molecule is CC(CCN)SCc1ccc(Cl)nc1. The van der Waals surface area contributed by atoms with E-state index in [4.69, 9.17) is 17.3 Å². The van der Waals surface area contributed by atoms with Crippen LogP contribution >= 0.6 is 23.4 Å². The summed E-state index contributed by atoms with van der Waals surface area (Å²) in [5, 5.41) is 1.16. The van der Waals surface area contributed by atoms with Crippen LogP contribution in [-0.2, 0) is 5.75 Å². The molecule has 0 radical (unpaired) electrons. The van der Waals surface area contributed by atoms with Crippen molar-refractivity contribution in [2.75, 3.05) is 6.54 Å². The summed E-state index contributed by atoms with van der Waals surface area (Å²) in [6.45, 7) is 2.95. The van der Waals surface area contributed by atoms with Crippen LogP contribution in [-0.4, -0.2) is 16.8 Å². The Hall–Kier alpha value is -0.250. The Balaban J connectivity index is 2.34. The maximum absolute atomic E-state index is 5.69. The number of rotatable bonds is 5. The Bertz CT molecular complexity index is 263. The zero-order chi connectivity index (χ0) is 10.4. The lowest BCUT2D eigenvalue weighted by Gasteiger charge is -2.08. The number of hydrogen-bond donors (Lipinski definition) is 1. The maximum Gasteiger partial charge on any atom is 0.129 e. The molecular weight excluding hydrogens is 216 g/mol. The van der Waals surface area contributed by atoms with E-state index >= 15 is 0 Å². The summed E-state index contributed by atoms with van der Waals surface area (Å²) >= 11 is 7.59. The zero-order valence-corrected chi connectivity index (χ0v) is 9.81. The van der Waals surface area contributed by atoms with Gasteiger partial charge < -0.3 is 5.73 Å². The van der Waals surface area contributed by atoms with Gasteiger partial charge >= 0.3 is 0 Å². The molecule has 0 aliphatic rings. The average Bonchev–Trinajstić information content (AvgIpc) is 2.17. The zero-order valence-electron chi connectivity index (χ0n) is 8.24. The molecular formula is C10H15ClN2S. The van der Waals surface area contributed by atoms with Gasteiger partial charge in [0.05, 0.1) is 0 Å². The molecule has 1 atom stereocenters. The highest BCUT2D eigenvalue weighted by molar-refractivity contribution is 7.99. The van der Waals surface area contributed by atoms with E-state index in [0.717, 1.165) is 18.7 Å². The van der Waals surface area contributed by atoms with Gasteiger partial charge in [-0.25, -0.2) is 4.98 Å². The van der Waals surface area contributed by atoms with Crippen LogP contribution in [0.4, 0.5) is 0 Å². The fourth-order valence-corrected chi connectivity index (χ4v) is 2.11. The first kappa shape index (κ1) is 11.8. The van der Waals surface area contributed by atoms with Gasteiger partial charge in [0.15, 0.2) is 0 Å². The van der Waals surface area contributed by atoms with Gasteiger partial charge in [-0.05, 0) is 24.6 Å². The van der Waals surface area contributed by atoms with Crippen LogP contribution in [0.25, 0.3) is 0 Å². The molecule has 2 N–H and O–H groups in total. The number of nitrogens with zero attached hydrogens (tertiary/aromatic N) is 1. The predicted octanol–water partition coefficient (Wildman–Crippen LogP) is 2.71. The van der Waals surface area contributed by atoms with Crippen molar-refractivity contribution in [3.63, 3.8) is 0 Å². The fraction of sp³-hybridized carbons (Fsp3) is 0.500. The molecule has 0 aliphatic carbocycles. The van der Waals surface area contributed by atoms with Gasteiger partial charge in [-0.2, -0.15) is 11.8 Å². The standard InChI is InChI=1S/C10H15ClN2S/c1-8(4-5-12)14-7-9-2-3-10(11)13-6-9/h2-3,6,8H,4-5,7,12H2,1H3. The maximum atomic E-state index is 5.69. The lowest BCUT2D eigenvalue weighted by molar-refractivity contribution is 0.823. The highest BCUT2D eigenvalue weighted by Crippen LogP contribution is 2.19. The molecule has 1 heterocycles. The van der Waals surface area contributed by atoms with Crippen molar-refractivity contribution in [1.82, 2.24) is 4.98 Å². The van der Waals surface area contributed by atoms with E-state index in [0.29, 0.717) is 10.4 Å². The van der Waals surface area contributed by atoms with E-state index in [-0.39, 0.29) is 0 Å². The van der Waals surface area contributed by atoms with Crippen LogP contribution < -0.4 is 5.73 Å². The summed E-state index contributed by atoms with van der Waals surface area (Å²) in [7, 11) is 0. The fourth-order valence-electron chi connectivity index (χ4n) is 1.05. The van der Waals surface area contributed by atoms with Gasteiger partial charge in [0.1, 0.15) is 5.15 Å². The molecule has 1 aromatic heterocycles. The second-order valence-corrected chi connectivity index (χ2v) is 5.00. The molecule has 0 saturated carbocycles. The van der Waals surface area contributed by atoms with Crippen molar-refractivity contribution in [3.8, 4) is 0 Å². The molecule has 0 bridgehead atoms. The molecule has 1 aromatic rings. The third kappa shape index (κ3) is 4.31. The van der Waals surface area contributed by atoms with Crippen molar-refractivity contribution in [1.29, 1.82) is 0 Å². The smallest absolute Gasteiger partial charge is 0.129 e. The normalized spacial score (nSPS) is 12.8. The third-order valence-electron chi connectivity index (χ3n) is 1.90. The number of thioether (sulfide) groups is 1. The van der Waals surface area contributed by atoms with Crippen molar-refractivity contribution in [2.24, 2.45) is 5.73 Å². The minimum Gasteiger partial charge on any atom is -0.330 e. The first-order chi connectivity index (χ1) is 6.72. The summed E-state index contributed by atoms with van der Waals surface area (Å²) in [6, 6.07) is 3.84.